The van der Waals surface area contributed by atoms with Gasteiger partial charge >= 0.3 is 5.97 Å². The van der Waals surface area contributed by atoms with Crippen molar-refractivity contribution in [1.82, 2.24) is 0 Å². The third-order valence-electron chi connectivity index (χ3n) is 3.56. The fraction of sp³-hybridized carbons (Fsp3) is 0.250. The number of aryl methyl sites for hydroxylation is 3. The fourth-order valence-corrected chi connectivity index (χ4v) is 2.38. The van der Waals surface area contributed by atoms with E-state index in [1.807, 2.05) is 6.07 Å². The predicted octanol–water partition coefficient (Wildman–Crippen LogP) is 4.13. The van der Waals surface area contributed by atoms with E-state index in [1.54, 1.807) is 0 Å². The van der Waals surface area contributed by atoms with Crippen LogP contribution >= 0.6 is 0 Å². The molecule has 0 heterocycles. The Morgan fingerprint density at radius 1 is 0.909 bits per heavy atom. The zero-order valence-electron chi connectivity index (χ0n) is 12.8. The summed E-state index contributed by atoms with van der Waals surface area (Å²) in [4.78, 5) is 11.0. The highest BCUT2D eigenvalue weighted by atomic mass is 16.5. The molecule has 0 unspecified atom stereocenters. The second-order valence-electron chi connectivity index (χ2n) is 5.28. The van der Waals surface area contributed by atoms with E-state index in [0.29, 0.717) is 6.61 Å². The second-order valence-corrected chi connectivity index (χ2v) is 5.28. The van der Waals surface area contributed by atoms with E-state index in [1.165, 1.54) is 22.8 Å². The van der Waals surface area contributed by atoms with Crippen molar-refractivity contribution in [1.29, 1.82) is 0 Å². The topological polar surface area (TPSA) is 26.3 Å². The molecule has 0 aromatic heterocycles. The van der Waals surface area contributed by atoms with Gasteiger partial charge in [-0.1, -0.05) is 61.2 Å². The van der Waals surface area contributed by atoms with Gasteiger partial charge in [-0.25, -0.2) is 4.79 Å². The average molecular weight is 294 g/mol. The summed E-state index contributed by atoms with van der Waals surface area (Å²) in [7, 11) is 0. The Morgan fingerprint density at radius 3 is 2.27 bits per heavy atom. The van der Waals surface area contributed by atoms with E-state index in [2.05, 4.69) is 55.1 Å². The van der Waals surface area contributed by atoms with E-state index in [4.69, 9.17) is 4.74 Å². The van der Waals surface area contributed by atoms with Crippen molar-refractivity contribution in [3.63, 3.8) is 0 Å². The molecule has 0 N–H and O–H groups in total. The van der Waals surface area contributed by atoms with Crippen molar-refractivity contribution in [3.8, 4) is 0 Å². The number of esters is 1. The summed E-state index contributed by atoms with van der Waals surface area (Å²) in [5.41, 5.74) is 4.01. The number of carbonyl (C=O) groups is 1. The molecule has 0 atom stereocenters. The fourth-order valence-electron chi connectivity index (χ4n) is 2.38. The third-order valence-corrected chi connectivity index (χ3v) is 3.56. The lowest BCUT2D eigenvalue weighted by atomic mass is 10.0. The normalized spacial score (nSPS) is 10.2. The Labute approximate surface area is 132 Å². The monoisotopic (exact) mass is 294 g/mol. The molecule has 22 heavy (non-hydrogen) atoms. The maximum atomic E-state index is 11.0. The van der Waals surface area contributed by atoms with Crippen LogP contribution in [0.2, 0.25) is 0 Å². The van der Waals surface area contributed by atoms with E-state index >= 15 is 0 Å². The van der Waals surface area contributed by atoms with Crippen molar-refractivity contribution in [2.45, 2.75) is 25.7 Å². The quantitative estimate of drug-likeness (QED) is 0.415. The van der Waals surface area contributed by atoms with Gasteiger partial charge in [0.05, 0.1) is 6.61 Å². The molecule has 2 aromatic rings. The Kier molecular flexibility index (Phi) is 6.43. The molecule has 0 radical (unpaired) electrons. The van der Waals surface area contributed by atoms with E-state index in [0.717, 1.165) is 25.7 Å². The molecule has 0 spiro atoms. The van der Waals surface area contributed by atoms with Crippen molar-refractivity contribution in [2.24, 2.45) is 0 Å². The molecule has 0 amide bonds. The van der Waals surface area contributed by atoms with Gasteiger partial charge in [-0.3, -0.25) is 0 Å². The van der Waals surface area contributed by atoms with Gasteiger partial charge in [-0.15, -0.1) is 0 Å². The van der Waals surface area contributed by atoms with Gasteiger partial charge < -0.3 is 4.74 Å². The van der Waals surface area contributed by atoms with Gasteiger partial charge in [-0.05, 0) is 42.4 Å². The van der Waals surface area contributed by atoms with Crippen molar-refractivity contribution in [2.75, 3.05) is 6.61 Å². The highest BCUT2D eigenvalue weighted by Crippen LogP contribution is 2.11. The van der Waals surface area contributed by atoms with Crippen LogP contribution in [-0.2, 0) is 28.8 Å². The first-order valence-corrected chi connectivity index (χ1v) is 7.69. The van der Waals surface area contributed by atoms with E-state index in [9.17, 15) is 4.79 Å². The summed E-state index contributed by atoms with van der Waals surface area (Å²) in [6.07, 6.45) is 5.06. The minimum absolute atomic E-state index is 0.350. The molecule has 2 heteroatoms. The highest BCUT2D eigenvalue weighted by Gasteiger charge is 2.00. The minimum atomic E-state index is -0.350. The first kappa shape index (κ1) is 16.0. The second kappa shape index (κ2) is 8.83. The van der Waals surface area contributed by atoms with E-state index in [-0.39, 0.29) is 5.97 Å². The van der Waals surface area contributed by atoms with Crippen LogP contribution in [0.4, 0.5) is 0 Å². The van der Waals surface area contributed by atoms with Crippen molar-refractivity contribution >= 4 is 5.97 Å². The standard InChI is InChI=1S/C20H22O2/c1-2-20(21)22-15-7-12-18-10-6-11-19(16-18)14-13-17-8-4-3-5-9-17/h2-6,8-11,16H,1,7,12-15H2. The van der Waals surface area contributed by atoms with Gasteiger partial charge in [0, 0.05) is 6.08 Å². The summed E-state index contributed by atoms with van der Waals surface area (Å²) in [5.74, 6) is -0.350. The van der Waals surface area contributed by atoms with Crippen LogP contribution in [0.1, 0.15) is 23.1 Å². The first-order valence-electron chi connectivity index (χ1n) is 7.69. The summed E-state index contributed by atoms with van der Waals surface area (Å²) < 4.78 is 4.99. The molecule has 2 nitrogen and oxygen atoms in total. The molecule has 0 aliphatic heterocycles. The number of benzene rings is 2. The van der Waals surface area contributed by atoms with Gasteiger partial charge in [0.2, 0.25) is 0 Å². The smallest absolute Gasteiger partial charge is 0.330 e. The van der Waals surface area contributed by atoms with Crippen LogP contribution in [0.15, 0.2) is 67.3 Å². The number of hydrogen-bond donors (Lipinski definition) is 0. The lowest BCUT2D eigenvalue weighted by Crippen LogP contribution is -2.03. The van der Waals surface area contributed by atoms with Crippen molar-refractivity contribution < 1.29 is 9.53 Å². The molecule has 2 aromatic carbocycles. The Bertz CT molecular complexity index is 602. The summed E-state index contributed by atoms with van der Waals surface area (Å²) >= 11 is 0. The molecule has 0 aliphatic carbocycles. The zero-order valence-corrected chi connectivity index (χ0v) is 12.8. The van der Waals surface area contributed by atoms with Crippen LogP contribution in [-0.4, -0.2) is 12.6 Å². The largest absolute Gasteiger partial charge is 0.463 e. The lowest BCUT2D eigenvalue weighted by Gasteiger charge is -2.06. The summed E-state index contributed by atoms with van der Waals surface area (Å²) in [6, 6.07) is 19.2. The van der Waals surface area contributed by atoms with Gasteiger partial charge in [-0.2, -0.15) is 0 Å². The number of hydrogen-bond acceptors (Lipinski definition) is 2. The molecule has 2 rings (SSSR count). The predicted molar refractivity (Wildman–Crippen MR) is 89.8 cm³/mol. The van der Waals surface area contributed by atoms with Crippen LogP contribution in [0.25, 0.3) is 0 Å². The van der Waals surface area contributed by atoms with Crippen LogP contribution in [0.5, 0.6) is 0 Å². The lowest BCUT2D eigenvalue weighted by molar-refractivity contribution is -0.137. The van der Waals surface area contributed by atoms with Gasteiger partial charge in [0.15, 0.2) is 0 Å². The number of rotatable bonds is 8. The zero-order chi connectivity index (χ0) is 15.6. The van der Waals surface area contributed by atoms with Gasteiger partial charge in [0.25, 0.3) is 0 Å². The summed E-state index contributed by atoms with van der Waals surface area (Å²) in [6.45, 7) is 3.82. The molecule has 0 aliphatic rings. The molecule has 114 valence electrons. The van der Waals surface area contributed by atoms with Gasteiger partial charge in [0.1, 0.15) is 0 Å². The maximum Gasteiger partial charge on any atom is 0.330 e. The average Bonchev–Trinajstić information content (AvgIpc) is 2.58. The number of carbonyl (C=O) groups excluding carboxylic acids is 1. The molecule has 0 fully saturated rings. The summed E-state index contributed by atoms with van der Waals surface area (Å²) in [5, 5.41) is 0. The Balaban J connectivity index is 1.79. The molecule has 0 saturated heterocycles. The Hall–Kier alpha value is -2.35. The molecular weight excluding hydrogens is 272 g/mol. The van der Waals surface area contributed by atoms with Crippen LogP contribution in [0.3, 0.4) is 0 Å². The van der Waals surface area contributed by atoms with Crippen LogP contribution < -0.4 is 0 Å². The SMILES string of the molecule is C=CC(=O)OCCCc1cccc(CCc2ccccc2)c1. The first-order chi connectivity index (χ1) is 10.8. The number of ether oxygens (including phenoxy) is 1. The van der Waals surface area contributed by atoms with E-state index < -0.39 is 0 Å². The molecule has 0 bridgehead atoms. The maximum absolute atomic E-state index is 11.0. The Morgan fingerprint density at radius 2 is 1.55 bits per heavy atom. The molecule has 0 saturated carbocycles. The third kappa shape index (κ3) is 5.57. The minimum Gasteiger partial charge on any atom is -0.463 e. The van der Waals surface area contributed by atoms with Crippen molar-refractivity contribution in [3.05, 3.63) is 83.9 Å². The molecular formula is C20H22O2. The highest BCUT2D eigenvalue weighted by molar-refractivity contribution is 5.81. The van der Waals surface area contributed by atoms with Crippen LogP contribution in [0, 0.1) is 0 Å².